The number of hydrogen-bond acceptors (Lipinski definition) is 4. The quantitative estimate of drug-likeness (QED) is 0.744. The van der Waals surface area contributed by atoms with Gasteiger partial charge in [0.15, 0.2) is 6.10 Å². The SMILES string of the molecule is CC[C@H](C)NC(=O)c1ccccc1NC(=O)[C@H](C)Oc1ccc(OC)cc1. The number of anilines is 1. The van der Waals surface area contributed by atoms with E-state index in [-0.39, 0.29) is 17.9 Å². The molecule has 2 rings (SSSR count). The number of ether oxygens (including phenoxy) is 2. The highest BCUT2D eigenvalue weighted by molar-refractivity contribution is 6.04. The van der Waals surface area contributed by atoms with Gasteiger partial charge in [0, 0.05) is 6.04 Å². The molecule has 2 atom stereocenters. The van der Waals surface area contributed by atoms with Crippen LogP contribution in [0.2, 0.25) is 0 Å². The van der Waals surface area contributed by atoms with E-state index in [1.165, 1.54) is 0 Å². The van der Waals surface area contributed by atoms with Gasteiger partial charge in [0.1, 0.15) is 11.5 Å². The summed E-state index contributed by atoms with van der Waals surface area (Å²) in [5, 5.41) is 5.68. The van der Waals surface area contributed by atoms with E-state index in [1.54, 1.807) is 62.6 Å². The summed E-state index contributed by atoms with van der Waals surface area (Å²) in [4.78, 5) is 24.9. The van der Waals surface area contributed by atoms with Crippen LogP contribution < -0.4 is 20.1 Å². The van der Waals surface area contributed by atoms with E-state index in [4.69, 9.17) is 9.47 Å². The first-order valence-corrected chi connectivity index (χ1v) is 8.96. The van der Waals surface area contributed by atoms with Crippen LogP contribution in [0.5, 0.6) is 11.5 Å². The number of carbonyl (C=O) groups excluding carboxylic acids is 2. The zero-order valence-corrected chi connectivity index (χ0v) is 16.1. The normalized spacial score (nSPS) is 12.6. The first-order chi connectivity index (χ1) is 12.9. The van der Waals surface area contributed by atoms with Crippen molar-refractivity contribution in [3.63, 3.8) is 0 Å². The van der Waals surface area contributed by atoms with Gasteiger partial charge in [0.25, 0.3) is 11.8 Å². The van der Waals surface area contributed by atoms with Crippen molar-refractivity contribution in [2.75, 3.05) is 12.4 Å². The maximum atomic E-state index is 12.5. The number of benzene rings is 2. The van der Waals surface area contributed by atoms with E-state index >= 15 is 0 Å². The fraction of sp³-hybridized carbons (Fsp3) is 0.333. The van der Waals surface area contributed by atoms with Gasteiger partial charge < -0.3 is 20.1 Å². The predicted octanol–water partition coefficient (Wildman–Crippen LogP) is 3.63. The average Bonchev–Trinajstić information content (AvgIpc) is 2.68. The lowest BCUT2D eigenvalue weighted by Gasteiger charge is -2.17. The Morgan fingerprint density at radius 2 is 1.63 bits per heavy atom. The number of rotatable bonds is 8. The molecule has 0 radical (unpaired) electrons. The van der Waals surface area contributed by atoms with Gasteiger partial charge in [0.05, 0.1) is 18.4 Å². The van der Waals surface area contributed by atoms with E-state index in [0.29, 0.717) is 22.7 Å². The summed E-state index contributed by atoms with van der Waals surface area (Å²) >= 11 is 0. The van der Waals surface area contributed by atoms with Crippen LogP contribution in [0.25, 0.3) is 0 Å². The molecule has 2 amide bonds. The largest absolute Gasteiger partial charge is 0.497 e. The molecule has 6 heteroatoms. The molecule has 0 saturated carbocycles. The van der Waals surface area contributed by atoms with Crippen LogP contribution >= 0.6 is 0 Å². The number of amides is 2. The van der Waals surface area contributed by atoms with Gasteiger partial charge in [-0.1, -0.05) is 19.1 Å². The first kappa shape index (κ1) is 20.3. The second kappa shape index (κ2) is 9.62. The Morgan fingerprint density at radius 3 is 2.26 bits per heavy atom. The smallest absolute Gasteiger partial charge is 0.265 e. The molecule has 0 unspecified atom stereocenters. The van der Waals surface area contributed by atoms with Crippen molar-refractivity contribution in [3.05, 3.63) is 54.1 Å². The highest BCUT2D eigenvalue weighted by Crippen LogP contribution is 2.20. The van der Waals surface area contributed by atoms with Crippen molar-refractivity contribution in [1.82, 2.24) is 5.32 Å². The number of carbonyl (C=O) groups is 2. The predicted molar refractivity (Wildman–Crippen MR) is 105 cm³/mol. The van der Waals surface area contributed by atoms with Crippen LogP contribution in [0.4, 0.5) is 5.69 Å². The highest BCUT2D eigenvalue weighted by atomic mass is 16.5. The summed E-state index contributed by atoms with van der Waals surface area (Å²) in [7, 11) is 1.58. The summed E-state index contributed by atoms with van der Waals surface area (Å²) in [6.45, 7) is 5.59. The molecule has 6 nitrogen and oxygen atoms in total. The van der Waals surface area contributed by atoms with Crippen molar-refractivity contribution >= 4 is 17.5 Å². The molecule has 27 heavy (non-hydrogen) atoms. The fourth-order valence-corrected chi connectivity index (χ4v) is 2.34. The maximum absolute atomic E-state index is 12.5. The molecule has 2 aromatic carbocycles. The molecular formula is C21H26N2O4. The van der Waals surface area contributed by atoms with Gasteiger partial charge >= 0.3 is 0 Å². The first-order valence-electron chi connectivity index (χ1n) is 8.96. The van der Waals surface area contributed by atoms with Gasteiger partial charge in [-0.2, -0.15) is 0 Å². The number of hydrogen-bond donors (Lipinski definition) is 2. The molecule has 2 aromatic rings. The lowest BCUT2D eigenvalue weighted by molar-refractivity contribution is -0.122. The van der Waals surface area contributed by atoms with Gasteiger partial charge in [-0.05, 0) is 56.7 Å². The fourth-order valence-electron chi connectivity index (χ4n) is 2.34. The number of para-hydroxylation sites is 1. The Morgan fingerprint density at radius 1 is 1.00 bits per heavy atom. The summed E-state index contributed by atoms with van der Waals surface area (Å²) in [5.41, 5.74) is 0.872. The van der Waals surface area contributed by atoms with E-state index in [1.807, 2.05) is 13.8 Å². The van der Waals surface area contributed by atoms with Crippen molar-refractivity contribution in [3.8, 4) is 11.5 Å². The summed E-state index contributed by atoms with van der Waals surface area (Å²) in [6, 6.07) is 13.9. The molecular weight excluding hydrogens is 344 g/mol. The minimum Gasteiger partial charge on any atom is -0.497 e. The molecule has 2 N–H and O–H groups in total. The van der Waals surface area contributed by atoms with Crippen LogP contribution in [0.3, 0.4) is 0 Å². The number of nitrogens with one attached hydrogen (secondary N) is 2. The third-order valence-corrected chi connectivity index (χ3v) is 4.16. The lowest BCUT2D eigenvalue weighted by Crippen LogP contribution is -2.34. The Labute approximate surface area is 159 Å². The second-order valence-electron chi connectivity index (χ2n) is 6.25. The van der Waals surface area contributed by atoms with Gasteiger partial charge in [0.2, 0.25) is 0 Å². The second-order valence-corrected chi connectivity index (χ2v) is 6.25. The molecule has 0 aliphatic carbocycles. The summed E-state index contributed by atoms with van der Waals surface area (Å²) < 4.78 is 10.8. The minimum atomic E-state index is -0.732. The average molecular weight is 370 g/mol. The Balaban J connectivity index is 2.04. The molecule has 144 valence electrons. The van der Waals surface area contributed by atoms with Crippen LogP contribution in [-0.4, -0.2) is 31.1 Å². The van der Waals surface area contributed by atoms with Crippen LogP contribution in [0.15, 0.2) is 48.5 Å². The van der Waals surface area contributed by atoms with Crippen molar-refractivity contribution in [2.24, 2.45) is 0 Å². The molecule has 0 aliphatic heterocycles. The number of methoxy groups -OCH3 is 1. The summed E-state index contributed by atoms with van der Waals surface area (Å²) in [6.07, 6.45) is 0.0941. The van der Waals surface area contributed by atoms with E-state index < -0.39 is 6.10 Å². The lowest BCUT2D eigenvalue weighted by atomic mass is 10.1. The van der Waals surface area contributed by atoms with Crippen LogP contribution in [0, 0.1) is 0 Å². The van der Waals surface area contributed by atoms with Crippen molar-refractivity contribution < 1.29 is 19.1 Å². The molecule has 0 aromatic heterocycles. The highest BCUT2D eigenvalue weighted by Gasteiger charge is 2.19. The van der Waals surface area contributed by atoms with E-state index in [9.17, 15) is 9.59 Å². The van der Waals surface area contributed by atoms with Gasteiger partial charge in [-0.3, -0.25) is 9.59 Å². The Bertz CT molecular complexity index is 774. The molecule has 0 fully saturated rings. The molecule has 0 bridgehead atoms. The maximum Gasteiger partial charge on any atom is 0.265 e. The van der Waals surface area contributed by atoms with Crippen LogP contribution in [-0.2, 0) is 4.79 Å². The van der Waals surface area contributed by atoms with Crippen molar-refractivity contribution in [1.29, 1.82) is 0 Å². The molecule has 0 saturated heterocycles. The monoisotopic (exact) mass is 370 g/mol. The molecule has 0 aliphatic rings. The third-order valence-electron chi connectivity index (χ3n) is 4.16. The standard InChI is InChI=1S/C21H26N2O4/c1-5-14(2)22-21(25)18-8-6-7-9-19(18)23-20(24)15(3)27-17-12-10-16(26-4)11-13-17/h6-15H,5H2,1-4H3,(H,22,25)(H,23,24)/t14-,15-/m0/s1. The third kappa shape index (κ3) is 5.74. The summed E-state index contributed by atoms with van der Waals surface area (Å²) in [5.74, 6) is 0.709. The zero-order valence-electron chi connectivity index (χ0n) is 16.1. The van der Waals surface area contributed by atoms with Gasteiger partial charge in [-0.25, -0.2) is 0 Å². The zero-order chi connectivity index (χ0) is 19.8. The molecule has 0 heterocycles. The molecule has 0 spiro atoms. The Hall–Kier alpha value is -3.02. The van der Waals surface area contributed by atoms with E-state index in [0.717, 1.165) is 6.42 Å². The van der Waals surface area contributed by atoms with E-state index in [2.05, 4.69) is 10.6 Å². The topological polar surface area (TPSA) is 76.7 Å². The van der Waals surface area contributed by atoms with Crippen molar-refractivity contribution in [2.45, 2.75) is 39.3 Å². The minimum absolute atomic E-state index is 0.0542. The Kier molecular flexibility index (Phi) is 7.23. The van der Waals surface area contributed by atoms with Crippen LogP contribution in [0.1, 0.15) is 37.6 Å². The van der Waals surface area contributed by atoms with Gasteiger partial charge in [-0.15, -0.1) is 0 Å².